The molecule has 0 spiro atoms. The highest BCUT2D eigenvalue weighted by Crippen LogP contribution is 2.26. The minimum absolute atomic E-state index is 0.127. The predicted octanol–water partition coefficient (Wildman–Crippen LogP) is 4.61. The number of para-hydroxylation sites is 3. The molecule has 134 valence electrons. The van der Waals surface area contributed by atoms with Crippen molar-refractivity contribution in [3.8, 4) is 0 Å². The minimum Gasteiger partial charge on any atom is -0.459 e. The van der Waals surface area contributed by atoms with Crippen LogP contribution in [-0.4, -0.2) is 27.8 Å². The van der Waals surface area contributed by atoms with Crippen LogP contribution in [0.3, 0.4) is 0 Å². The van der Waals surface area contributed by atoms with Crippen molar-refractivity contribution in [3.05, 3.63) is 78.3 Å². The first-order valence-corrected chi connectivity index (χ1v) is 8.77. The molecule has 1 atom stereocenters. The summed E-state index contributed by atoms with van der Waals surface area (Å²) in [4.78, 5) is 23.1. The molecule has 0 aliphatic heterocycles. The summed E-state index contributed by atoms with van der Waals surface area (Å²) in [5.41, 5.74) is 3.10. The summed E-state index contributed by atoms with van der Waals surface area (Å²) in [6.45, 7) is 1.94. The van der Waals surface area contributed by atoms with Crippen LogP contribution in [0.4, 0.5) is 0 Å². The highest BCUT2D eigenvalue weighted by molar-refractivity contribution is 5.92. The molecule has 0 bridgehead atoms. The van der Waals surface area contributed by atoms with Gasteiger partial charge >= 0.3 is 0 Å². The Morgan fingerprint density at radius 3 is 2.67 bits per heavy atom. The van der Waals surface area contributed by atoms with E-state index in [2.05, 4.69) is 9.97 Å². The van der Waals surface area contributed by atoms with E-state index in [1.807, 2.05) is 61.5 Å². The molecule has 1 unspecified atom stereocenters. The van der Waals surface area contributed by atoms with E-state index >= 15 is 0 Å². The van der Waals surface area contributed by atoms with Crippen molar-refractivity contribution in [1.29, 1.82) is 0 Å². The Bertz CT molecular complexity index is 1110. The van der Waals surface area contributed by atoms with Crippen molar-refractivity contribution in [2.75, 3.05) is 7.05 Å². The van der Waals surface area contributed by atoms with Gasteiger partial charge in [0.15, 0.2) is 0 Å². The fourth-order valence-electron chi connectivity index (χ4n) is 2.92. The first-order chi connectivity index (χ1) is 13.1. The second-order valence-electron chi connectivity index (χ2n) is 6.43. The Kier molecular flexibility index (Phi) is 4.42. The summed E-state index contributed by atoms with van der Waals surface area (Å²) < 4.78 is 5.87. The number of nitrogens with zero attached hydrogens (tertiary/aromatic N) is 3. The first kappa shape index (κ1) is 17.0. The molecular formula is C22H19N3O2. The zero-order chi connectivity index (χ0) is 18.8. The van der Waals surface area contributed by atoms with Gasteiger partial charge in [-0.2, -0.15) is 0 Å². The van der Waals surface area contributed by atoms with Crippen molar-refractivity contribution in [2.24, 2.45) is 0 Å². The van der Waals surface area contributed by atoms with Crippen molar-refractivity contribution in [3.63, 3.8) is 0 Å². The second-order valence-corrected chi connectivity index (χ2v) is 6.43. The van der Waals surface area contributed by atoms with Gasteiger partial charge in [-0.05, 0) is 37.3 Å². The topological polar surface area (TPSA) is 59.2 Å². The average molecular weight is 357 g/mol. The van der Waals surface area contributed by atoms with Gasteiger partial charge in [-0.15, -0.1) is 0 Å². The van der Waals surface area contributed by atoms with E-state index in [4.69, 9.17) is 4.42 Å². The summed E-state index contributed by atoms with van der Waals surface area (Å²) in [6, 6.07) is 17.3. The molecule has 4 aromatic rings. The maximum atomic E-state index is 12.6. The van der Waals surface area contributed by atoms with E-state index in [9.17, 15) is 4.79 Å². The number of likely N-dealkylation sites (N-methyl/N-ethyl adjacent to an activating group) is 1. The number of carbonyl (C=O) groups is 1. The molecule has 1 amide bonds. The van der Waals surface area contributed by atoms with Crippen LogP contribution in [0, 0.1) is 0 Å². The molecule has 2 aromatic carbocycles. The van der Waals surface area contributed by atoms with Crippen molar-refractivity contribution >= 4 is 34.0 Å². The maximum Gasteiger partial charge on any atom is 0.246 e. The van der Waals surface area contributed by atoms with Gasteiger partial charge in [0.2, 0.25) is 5.91 Å². The quantitative estimate of drug-likeness (QED) is 0.501. The number of benzene rings is 2. The van der Waals surface area contributed by atoms with Crippen molar-refractivity contribution in [2.45, 2.75) is 13.0 Å². The number of rotatable bonds is 4. The van der Waals surface area contributed by atoms with Crippen molar-refractivity contribution < 1.29 is 9.21 Å². The lowest BCUT2D eigenvalue weighted by Gasteiger charge is -2.21. The number of hydrogen-bond donors (Lipinski definition) is 0. The maximum absolute atomic E-state index is 12.6. The molecule has 5 heteroatoms. The molecule has 0 saturated heterocycles. The molecule has 0 saturated carbocycles. The number of aromatic nitrogens is 2. The number of fused-ring (bicyclic) bond motifs is 2. The van der Waals surface area contributed by atoms with Gasteiger partial charge in [-0.1, -0.05) is 30.3 Å². The molecule has 27 heavy (non-hydrogen) atoms. The molecule has 0 radical (unpaired) electrons. The largest absolute Gasteiger partial charge is 0.459 e. The van der Waals surface area contributed by atoms with E-state index < -0.39 is 0 Å². The molecule has 4 rings (SSSR count). The van der Waals surface area contributed by atoms with Crippen LogP contribution < -0.4 is 0 Å². The van der Waals surface area contributed by atoms with E-state index in [-0.39, 0.29) is 11.9 Å². The van der Waals surface area contributed by atoms with Crippen LogP contribution >= 0.6 is 0 Å². The van der Waals surface area contributed by atoms with Crippen molar-refractivity contribution in [1.82, 2.24) is 14.9 Å². The number of carbonyl (C=O) groups excluding carboxylic acids is 1. The first-order valence-electron chi connectivity index (χ1n) is 8.77. The Morgan fingerprint density at radius 1 is 1.11 bits per heavy atom. The van der Waals surface area contributed by atoms with Gasteiger partial charge < -0.3 is 9.32 Å². The smallest absolute Gasteiger partial charge is 0.246 e. The Balaban J connectivity index is 1.51. The highest BCUT2D eigenvalue weighted by Gasteiger charge is 2.19. The van der Waals surface area contributed by atoms with Gasteiger partial charge in [0.1, 0.15) is 11.3 Å². The third-order valence-electron chi connectivity index (χ3n) is 4.65. The standard InChI is InChI=1S/C22H19N3O2/c1-15(21-13-16-7-3-6-10-20(16)27-21)25(2)22(26)12-11-17-14-23-18-8-4-5-9-19(18)24-17/h3-15H,1-2H3/b12-11+. The van der Waals surface area contributed by atoms with Crippen LogP contribution in [0.5, 0.6) is 0 Å². The summed E-state index contributed by atoms with van der Waals surface area (Å²) in [5.74, 6) is 0.629. The van der Waals surface area contributed by atoms with E-state index in [0.717, 1.165) is 27.8 Å². The Morgan fingerprint density at radius 2 is 1.85 bits per heavy atom. The van der Waals surface area contributed by atoms with Crippen LogP contribution in [0.15, 0.2) is 71.3 Å². The van der Waals surface area contributed by atoms with E-state index in [1.165, 1.54) is 6.08 Å². The summed E-state index contributed by atoms with van der Waals surface area (Å²) in [5, 5.41) is 1.03. The zero-order valence-electron chi connectivity index (χ0n) is 15.2. The van der Waals surface area contributed by atoms with E-state index in [1.54, 1.807) is 24.2 Å². The average Bonchev–Trinajstić information content (AvgIpc) is 3.15. The zero-order valence-corrected chi connectivity index (χ0v) is 15.2. The lowest BCUT2D eigenvalue weighted by Crippen LogP contribution is -2.27. The molecule has 0 fully saturated rings. The van der Waals surface area contributed by atoms with Gasteiger partial charge in [0.25, 0.3) is 0 Å². The van der Waals surface area contributed by atoms with E-state index in [0.29, 0.717) is 5.69 Å². The molecule has 0 aliphatic carbocycles. The third-order valence-corrected chi connectivity index (χ3v) is 4.65. The number of furan rings is 1. The second kappa shape index (κ2) is 7.03. The highest BCUT2D eigenvalue weighted by atomic mass is 16.3. The monoisotopic (exact) mass is 357 g/mol. The Hall–Kier alpha value is -3.47. The van der Waals surface area contributed by atoms with Gasteiger partial charge in [-0.25, -0.2) is 4.98 Å². The lowest BCUT2D eigenvalue weighted by atomic mass is 10.2. The van der Waals surface area contributed by atoms with Crippen LogP contribution in [0.1, 0.15) is 24.4 Å². The minimum atomic E-state index is -0.183. The predicted molar refractivity (Wildman–Crippen MR) is 106 cm³/mol. The molecule has 2 aromatic heterocycles. The lowest BCUT2D eigenvalue weighted by molar-refractivity contribution is -0.126. The normalized spacial score (nSPS) is 12.7. The fourth-order valence-corrected chi connectivity index (χ4v) is 2.92. The molecule has 0 N–H and O–H groups in total. The fraction of sp³-hybridized carbons (Fsp3) is 0.136. The van der Waals surface area contributed by atoms with Gasteiger partial charge in [-0.3, -0.25) is 9.78 Å². The molecule has 5 nitrogen and oxygen atoms in total. The molecule has 0 aliphatic rings. The SMILES string of the molecule is CC(c1cc2ccccc2o1)N(C)C(=O)/C=C/c1cnc2ccccc2n1. The van der Waals surface area contributed by atoms with Gasteiger partial charge in [0, 0.05) is 18.5 Å². The van der Waals surface area contributed by atoms with Crippen LogP contribution in [0.2, 0.25) is 0 Å². The third kappa shape index (κ3) is 3.44. The summed E-state index contributed by atoms with van der Waals surface area (Å²) in [7, 11) is 1.76. The summed E-state index contributed by atoms with van der Waals surface area (Å²) >= 11 is 0. The van der Waals surface area contributed by atoms with Crippen LogP contribution in [0.25, 0.3) is 28.1 Å². The number of hydrogen-bond acceptors (Lipinski definition) is 4. The van der Waals surface area contributed by atoms with Gasteiger partial charge in [0.05, 0.1) is 29.0 Å². The number of amides is 1. The van der Waals surface area contributed by atoms with Crippen LogP contribution in [-0.2, 0) is 4.79 Å². The Labute approximate surface area is 157 Å². The molecule has 2 heterocycles. The molecular weight excluding hydrogens is 338 g/mol. The summed E-state index contributed by atoms with van der Waals surface area (Å²) in [6.07, 6.45) is 4.86.